The molecule has 4 nitrogen and oxygen atoms in total. The molecule has 0 aliphatic heterocycles. The first kappa shape index (κ1) is 11.9. The molecule has 0 aliphatic carbocycles. The Bertz CT molecular complexity index is 864. The van der Waals surface area contributed by atoms with E-state index in [1.54, 1.807) is 12.7 Å². The topological polar surface area (TPSA) is 43.9 Å². The third kappa shape index (κ3) is 2.10. The van der Waals surface area contributed by atoms with Gasteiger partial charge in [-0.25, -0.2) is 9.67 Å². The Morgan fingerprint density at radius 3 is 2.57 bits per heavy atom. The van der Waals surface area contributed by atoms with Gasteiger partial charge in [0.2, 0.25) is 0 Å². The molecule has 0 unspecified atom stereocenters. The summed E-state index contributed by atoms with van der Waals surface area (Å²) in [4.78, 5) is 4.01. The number of hydrogen-bond acceptors (Lipinski definition) is 3. The van der Waals surface area contributed by atoms with E-state index in [-0.39, 0.29) is 0 Å². The maximum atomic E-state index is 6.07. The van der Waals surface area contributed by atoms with Crippen LogP contribution in [0.2, 0.25) is 0 Å². The minimum Gasteiger partial charge on any atom is -0.456 e. The van der Waals surface area contributed by atoms with Crippen molar-refractivity contribution < 1.29 is 4.42 Å². The summed E-state index contributed by atoms with van der Waals surface area (Å²) in [5.41, 5.74) is 3.09. The fraction of sp³-hybridized carbons (Fsp3) is 0.0588. The van der Waals surface area contributed by atoms with Crippen molar-refractivity contribution in [3.8, 4) is 11.3 Å². The SMILES string of the molecule is c1ccc(-c2oc3ccccc3c2Cn2cncn2)cc1. The van der Waals surface area contributed by atoms with Gasteiger partial charge in [-0.15, -0.1) is 0 Å². The van der Waals surface area contributed by atoms with Crippen LogP contribution in [-0.2, 0) is 6.54 Å². The maximum absolute atomic E-state index is 6.07. The Morgan fingerprint density at radius 2 is 1.76 bits per heavy atom. The van der Waals surface area contributed by atoms with Crippen LogP contribution in [0.15, 0.2) is 71.7 Å². The van der Waals surface area contributed by atoms with Crippen LogP contribution in [0.4, 0.5) is 0 Å². The third-order valence-electron chi connectivity index (χ3n) is 3.52. The van der Waals surface area contributed by atoms with Crippen molar-refractivity contribution in [2.24, 2.45) is 0 Å². The van der Waals surface area contributed by atoms with Crippen molar-refractivity contribution in [3.05, 3.63) is 72.8 Å². The number of furan rings is 1. The summed E-state index contributed by atoms with van der Waals surface area (Å²) < 4.78 is 7.88. The zero-order valence-electron chi connectivity index (χ0n) is 11.3. The molecule has 4 aromatic rings. The van der Waals surface area contributed by atoms with Crippen LogP contribution in [0, 0.1) is 0 Å². The second-order valence-electron chi connectivity index (χ2n) is 4.86. The quantitative estimate of drug-likeness (QED) is 0.572. The first-order chi connectivity index (χ1) is 10.4. The fourth-order valence-electron chi connectivity index (χ4n) is 2.55. The molecule has 4 heteroatoms. The van der Waals surface area contributed by atoms with Crippen LogP contribution in [0.5, 0.6) is 0 Å². The maximum Gasteiger partial charge on any atom is 0.140 e. The number of hydrogen-bond donors (Lipinski definition) is 0. The summed E-state index contributed by atoms with van der Waals surface area (Å²) >= 11 is 0. The van der Waals surface area contributed by atoms with Gasteiger partial charge in [0.05, 0.1) is 6.54 Å². The molecule has 0 atom stereocenters. The van der Waals surface area contributed by atoms with Gasteiger partial charge in [0.1, 0.15) is 24.0 Å². The van der Waals surface area contributed by atoms with Gasteiger partial charge < -0.3 is 4.42 Å². The molecule has 0 bridgehead atoms. The van der Waals surface area contributed by atoms with Gasteiger partial charge in [-0.1, -0.05) is 48.5 Å². The highest BCUT2D eigenvalue weighted by Gasteiger charge is 2.15. The molecule has 0 radical (unpaired) electrons. The largest absolute Gasteiger partial charge is 0.456 e. The lowest BCUT2D eigenvalue weighted by atomic mass is 10.1. The Morgan fingerprint density at radius 1 is 0.952 bits per heavy atom. The van der Waals surface area contributed by atoms with Crippen LogP contribution in [0.1, 0.15) is 5.56 Å². The minimum absolute atomic E-state index is 0.640. The van der Waals surface area contributed by atoms with Gasteiger partial charge >= 0.3 is 0 Å². The Labute approximate surface area is 121 Å². The number of benzene rings is 2. The zero-order valence-corrected chi connectivity index (χ0v) is 11.3. The standard InChI is InChI=1S/C17H13N3O/c1-2-6-13(7-3-1)17-15(10-20-12-18-11-19-20)14-8-4-5-9-16(14)21-17/h1-9,11-12H,10H2. The molecule has 2 aromatic heterocycles. The fourth-order valence-corrected chi connectivity index (χ4v) is 2.55. The van der Waals surface area contributed by atoms with Crippen LogP contribution < -0.4 is 0 Å². The molecule has 0 saturated carbocycles. The van der Waals surface area contributed by atoms with Crippen molar-refractivity contribution in [3.63, 3.8) is 0 Å². The van der Waals surface area contributed by atoms with E-state index in [1.807, 2.05) is 41.1 Å². The summed E-state index contributed by atoms with van der Waals surface area (Å²) in [7, 11) is 0. The van der Waals surface area contributed by atoms with Crippen LogP contribution in [-0.4, -0.2) is 14.8 Å². The smallest absolute Gasteiger partial charge is 0.140 e. The zero-order chi connectivity index (χ0) is 14.1. The van der Waals surface area contributed by atoms with E-state index >= 15 is 0 Å². The molecular formula is C17H13N3O. The highest BCUT2D eigenvalue weighted by atomic mass is 16.3. The summed E-state index contributed by atoms with van der Waals surface area (Å²) in [6, 6.07) is 18.2. The van der Waals surface area contributed by atoms with Crippen molar-refractivity contribution in [2.75, 3.05) is 0 Å². The van der Waals surface area contributed by atoms with Crippen molar-refractivity contribution in [1.82, 2.24) is 14.8 Å². The monoisotopic (exact) mass is 275 g/mol. The van der Waals surface area contributed by atoms with E-state index in [0.29, 0.717) is 6.54 Å². The third-order valence-corrected chi connectivity index (χ3v) is 3.52. The number of rotatable bonds is 3. The highest BCUT2D eigenvalue weighted by Crippen LogP contribution is 2.33. The lowest BCUT2D eigenvalue weighted by Crippen LogP contribution is -2.00. The first-order valence-electron chi connectivity index (χ1n) is 6.80. The van der Waals surface area contributed by atoms with E-state index in [1.165, 1.54) is 0 Å². The number of nitrogens with zero attached hydrogens (tertiary/aromatic N) is 3. The molecule has 0 fully saturated rings. The van der Waals surface area contributed by atoms with Gasteiger partial charge in [0.15, 0.2) is 0 Å². The van der Waals surface area contributed by atoms with Crippen LogP contribution in [0.25, 0.3) is 22.3 Å². The molecule has 102 valence electrons. The summed E-state index contributed by atoms with van der Waals surface area (Å²) in [6.07, 6.45) is 3.26. The number of fused-ring (bicyclic) bond motifs is 1. The lowest BCUT2D eigenvalue weighted by molar-refractivity contribution is 0.616. The molecule has 0 saturated heterocycles. The minimum atomic E-state index is 0.640. The summed E-state index contributed by atoms with van der Waals surface area (Å²) in [6.45, 7) is 0.640. The van der Waals surface area contributed by atoms with E-state index in [4.69, 9.17) is 4.42 Å². The molecule has 0 N–H and O–H groups in total. The molecule has 21 heavy (non-hydrogen) atoms. The van der Waals surface area contributed by atoms with E-state index in [0.717, 1.165) is 27.9 Å². The van der Waals surface area contributed by atoms with Gasteiger partial charge in [-0.2, -0.15) is 5.10 Å². The second-order valence-corrected chi connectivity index (χ2v) is 4.86. The van der Waals surface area contributed by atoms with Gasteiger partial charge in [0.25, 0.3) is 0 Å². The number of aromatic nitrogens is 3. The molecule has 0 aliphatic rings. The molecule has 2 heterocycles. The molecule has 4 rings (SSSR count). The molecule has 0 amide bonds. The summed E-state index contributed by atoms with van der Waals surface area (Å²) in [5, 5.41) is 5.31. The normalized spacial score (nSPS) is 11.0. The molecular weight excluding hydrogens is 262 g/mol. The molecule has 2 aromatic carbocycles. The van der Waals surface area contributed by atoms with E-state index in [2.05, 4.69) is 28.3 Å². The van der Waals surface area contributed by atoms with Crippen LogP contribution in [0.3, 0.4) is 0 Å². The lowest BCUT2D eigenvalue weighted by Gasteiger charge is -2.03. The van der Waals surface area contributed by atoms with Crippen LogP contribution >= 0.6 is 0 Å². The predicted octanol–water partition coefficient (Wildman–Crippen LogP) is 3.74. The van der Waals surface area contributed by atoms with Gasteiger partial charge in [-0.05, 0) is 6.07 Å². The van der Waals surface area contributed by atoms with E-state index in [9.17, 15) is 0 Å². The number of para-hydroxylation sites is 1. The molecule has 0 spiro atoms. The average Bonchev–Trinajstić information content (AvgIpc) is 3.17. The van der Waals surface area contributed by atoms with Gasteiger partial charge in [0, 0.05) is 16.5 Å². The second kappa shape index (κ2) is 4.90. The Hall–Kier alpha value is -2.88. The Balaban J connectivity index is 1.93. The van der Waals surface area contributed by atoms with Crippen molar-refractivity contribution in [2.45, 2.75) is 6.54 Å². The highest BCUT2D eigenvalue weighted by molar-refractivity contribution is 5.87. The first-order valence-corrected chi connectivity index (χ1v) is 6.80. The predicted molar refractivity (Wildman–Crippen MR) is 80.8 cm³/mol. The van der Waals surface area contributed by atoms with Gasteiger partial charge in [-0.3, -0.25) is 0 Å². The van der Waals surface area contributed by atoms with Crippen molar-refractivity contribution in [1.29, 1.82) is 0 Å². The summed E-state index contributed by atoms with van der Waals surface area (Å²) in [5.74, 6) is 0.896. The van der Waals surface area contributed by atoms with Crippen molar-refractivity contribution >= 4 is 11.0 Å². The Kier molecular flexibility index (Phi) is 2.78. The average molecular weight is 275 g/mol. The van der Waals surface area contributed by atoms with E-state index < -0.39 is 0 Å².